The highest BCUT2D eigenvalue weighted by molar-refractivity contribution is 5.77. The van der Waals surface area contributed by atoms with Crippen molar-refractivity contribution in [1.82, 2.24) is 4.90 Å². The van der Waals surface area contributed by atoms with Crippen LogP contribution in [0.3, 0.4) is 0 Å². The molecule has 2 rings (SSSR count). The predicted molar refractivity (Wildman–Crippen MR) is 70.0 cm³/mol. The molecule has 0 unspecified atom stereocenters. The van der Waals surface area contributed by atoms with Crippen molar-refractivity contribution >= 4 is 5.78 Å². The molecule has 1 aromatic rings. The summed E-state index contributed by atoms with van der Waals surface area (Å²) >= 11 is 0. The Labute approximate surface area is 104 Å². The number of ketones is 1. The van der Waals surface area contributed by atoms with E-state index in [1.54, 1.807) is 6.92 Å². The maximum Gasteiger partial charge on any atom is 0.143 e. The molecular weight excluding hydrogens is 210 g/mol. The molecule has 1 aromatic carbocycles. The molecule has 0 N–H and O–H groups in total. The van der Waals surface area contributed by atoms with Crippen LogP contribution in [-0.4, -0.2) is 30.3 Å². The van der Waals surface area contributed by atoms with Crippen LogP contribution in [0.5, 0.6) is 0 Å². The van der Waals surface area contributed by atoms with Crippen LogP contribution in [0.1, 0.15) is 25.3 Å². The highest BCUT2D eigenvalue weighted by atomic mass is 16.1. The van der Waals surface area contributed by atoms with Crippen molar-refractivity contribution in [1.29, 1.82) is 0 Å². The number of likely N-dealkylation sites (tertiary alicyclic amines) is 1. The first-order valence-corrected chi connectivity index (χ1v) is 6.50. The fraction of sp³-hybridized carbons (Fsp3) is 0.533. The van der Waals surface area contributed by atoms with Crippen LogP contribution < -0.4 is 0 Å². The van der Waals surface area contributed by atoms with Crippen LogP contribution in [0.25, 0.3) is 0 Å². The summed E-state index contributed by atoms with van der Waals surface area (Å²) in [6.07, 6.45) is 3.64. The zero-order chi connectivity index (χ0) is 12.1. The van der Waals surface area contributed by atoms with Crippen molar-refractivity contribution in [2.24, 2.45) is 5.92 Å². The molecule has 1 heterocycles. The molecule has 0 atom stereocenters. The maximum absolute atomic E-state index is 11.0. The molecule has 1 aliphatic heterocycles. The minimum atomic E-state index is 0.284. The highest BCUT2D eigenvalue weighted by Gasteiger charge is 2.19. The van der Waals surface area contributed by atoms with E-state index in [4.69, 9.17) is 0 Å². The molecule has 92 valence electrons. The quantitative estimate of drug-likeness (QED) is 0.793. The van der Waals surface area contributed by atoms with Gasteiger partial charge in [0.15, 0.2) is 0 Å². The molecule has 0 saturated carbocycles. The molecule has 2 heteroatoms. The Morgan fingerprint density at radius 1 is 1.24 bits per heavy atom. The van der Waals surface area contributed by atoms with E-state index in [0.29, 0.717) is 6.54 Å². The summed E-state index contributed by atoms with van der Waals surface area (Å²) in [4.78, 5) is 13.3. The van der Waals surface area contributed by atoms with Gasteiger partial charge in [-0.1, -0.05) is 30.3 Å². The Morgan fingerprint density at radius 3 is 2.47 bits per heavy atom. The zero-order valence-corrected chi connectivity index (χ0v) is 10.6. The van der Waals surface area contributed by atoms with E-state index in [-0.39, 0.29) is 5.78 Å². The number of carbonyl (C=O) groups excluding carboxylic acids is 1. The fourth-order valence-corrected chi connectivity index (χ4v) is 2.61. The number of carbonyl (C=O) groups is 1. The van der Waals surface area contributed by atoms with E-state index >= 15 is 0 Å². The molecule has 0 bridgehead atoms. The van der Waals surface area contributed by atoms with Crippen molar-refractivity contribution < 1.29 is 4.79 Å². The number of nitrogens with zero attached hydrogens (tertiary/aromatic N) is 1. The van der Waals surface area contributed by atoms with Gasteiger partial charge in [-0.2, -0.15) is 0 Å². The van der Waals surface area contributed by atoms with Gasteiger partial charge in [0, 0.05) is 0 Å². The van der Waals surface area contributed by atoms with Crippen molar-refractivity contribution in [3.63, 3.8) is 0 Å². The van der Waals surface area contributed by atoms with E-state index in [9.17, 15) is 4.79 Å². The third-order valence-electron chi connectivity index (χ3n) is 3.52. The van der Waals surface area contributed by atoms with Gasteiger partial charge in [-0.15, -0.1) is 0 Å². The van der Waals surface area contributed by atoms with E-state index in [0.717, 1.165) is 19.0 Å². The minimum absolute atomic E-state index is 0.284. The van der Waals surface area contributed by atoms with Gasteiger partial charge < -0.3 is 0 Å². The summed E-state index contributed by atoms with van der Waals surface area (Å²) in [5.41, 5.74) is 1.44. The van der Waals surface area contributed by atoms with Crippen LogP contribution in [0, 0.1) is 5.92 Å². The molecular formula is C15H21NO. The molecule has 0 spiro atoms. The number of hydrogen-bond donors (Lipinski definition) is 0. The average molecular weight is 231 g/mol. The second kappa shape index (κ2) is 5.97. The Hall–Kier alpha value is -1.15. The molecule has 17 heavy (non-hydrogen) atoms. The molecule has 0 amide bonds. The van der Waals surface area contributed by atoms with Crippen LogP contribution in [0.4, 0.5) is 0 Å². The van der Waals surface area contributed by atoms with Crippen LogP contribution >= 0.6 is 0 Å². The largest absolute Gasteiger partial charge is 0.299 e. The third kappa shape index (κ3) is 3.97. The van der Waals surface area contributed by atoms with Gasteiger partial charge in [0.1, 0.15) is 5.78 Å². The second-order valence-corrected chi connectivity index (χ2v) is 5.11. The summed E-state index contributed by atoms with van der Waals surface area (Å²) in [6, 6.07) is 10.7. The lowest BCUT2D eigenvalue weighted by Gasteiger charge is -2.31. The molecule has 1 saturated heterocycles. The maximum atomic E-state index is 11.0. The van der Waals surface area contributed by atoms with Crippen LogP contribution in [0.2, 0.25) is 0 Å². The Bertz CT molecular complexity index is 352. The van der Waals surface area contributed by atoms with Crippen molar-refractivity contribution in [2.75, 3.05) is 19.6 Å². The predicted octanol–water partition coefficient (Wildman–Crippen LogP) is 2.53. The number of hydrogen-bond acceptors (Lipinski definition) is 2. The van der Waals surface area contributed by atoms with E-state index in [1.807, 2.05) is 0 Å². The first-order valence-electron chi connectivity index (χ1n) is 6.50. The Kier molecular flexibility index (Phi) is 4.32. The summed E-state index contributed by atoms with van der Waals surface area (Å²) in [6.45, 7) is 4.47. The summed E-state index contributed by atoms with van der Waals surface area (Å²) in [7, 11) is 0. The van der Waals surface area contributed by atoms with Gasteiger partial charge in [-0.25, -0.2) is 0 Å². The van der Waals surface area contributed by atoms with Gasteiger partial charge in [0.25, 0.3) is 0 Å². The Balaban J connectivity index is 1.78. The van der Waals surface area contributed by atoms with Gasteiger partial charge in [0.2, 0.25) is 0 Å². The van der Waals surface area contributed by atoms with E-state index in [1.165, 1.54) is 24.8 Å². The molecule has 0 aliphatic carbocycles. The van der Waals surface area contributed by atoms with Gasteiger partial charge >= 0.3 is 0 Å². The Morgan fingerprint density at radius 2 is 1.88 bits per heavy atom. The van der Waals surface area contributed by atoms with Gasteiger partial charge in [-0.3, -0.25) is 9.69 Å². The van der Waals surface area contributed by atoms with Gasteiger partial charge in [0.05, 0.1) is 6.54 Å². The van der Waals surface area contributed by atoms with Crippen molar-refractivity contribution in [2.45, 2.75) is 26.2 Å². The van der Waals surface area contributed by atoms with E-state index < -0.39 is 0 Å². The molecule has 1 fully saturated rings. The number of Topliss-reactive ketones (excluding diaryl/α,β-unsaturated/α-hetero) is 1. The zero-order valence-electron chi connectivity index (χ0n) is 10.6. The number of piperidine rings is 1. The number of benzene rings is 1. The lowest BCUT2D eigenvalue weighted by atomic mass is 9.90. The second-order valence-electron chi connectivity index (χ2n) is 5.11. The third-order valence-corrected chi connectivity index (χ3v) is 3.52. The standard InChI is InChI=1S/C15H21NO/c1-13(17)12-16-9-7-15(8-10-16)11-14-5-3-2-4-6-14/h2-6,15H,7-12H2,1H3. The number of rotatable bonds is 4. The molecule has 0 radical (unpaired) electrons. The first-order chi connectivity index (χ1) is 8.24. The SMILES string of the molecule is CC(=O)CN1CCC(Cc2ccccc2)CC1. The molecule has 1 aliphatic rings. The lowest BCUT2D eigenvalue weighted by Crippen LogP contribution is -2.37. The normalized spacial score (nSPS) is 18.2. The first kappa shape index (κ1) is 12.3. The summed E-state index contributed by atoms with van der Waals surface area (Å²) in [5, 5.41) is 0. The van der Waals surface area contributed by atoms with Crippen molar-refractivity contribution in [3.05, 3.63) is 35.9 Å². The topological polar surface area (TPSA) is 20.3 Å². The fourth-order valence-electron chi connectivity index (χ4n) is 2.61. The smallest absolute Gasteiger partial charge is 0.143 e. The highest BCUT2D eigenvalue weighted by Crippen LogP contribution is 2.21. The van der Waals surface area contributed by atoms with Crippen molar-refractivity contribution in [3.8, 4) is 0 Å². The van der Waals surface area contributed by atoms with Crippen LogP contribution in [0.15, 0.2) is 30.3 Å². The van der Waals surface area contributed by atoms with Crippen LogP contribution in [-0.2, 0) is 11.2 Å². The summed E-state index contributed by atoms with van der Waals surface area (Å²) < 4.78 is 0. The van der Waals surface area contributed by atoms with E-state index in [2.05, 4.69) is 35.2 Å². The lowest BCUT2D eigenvalue weighted by molar-refractivity contribution is -0.118. The minimum Gasteiger partial charge on any atom is -0.299 e. The molecule has 2 nitrogen and oxygen atoms in total. The summed E-state index contributed by atoms with van der Waals surface area (Å²) in [5.74, 6) is 1.08. The molecule has 0 aromatic heterocycles. The average Bonchev–Trinajstić information content (AvgIpc) is 2.32. The van der Waals surface area contributed by atoms with Gasteiger partial charge in [-0.05, 0) is 50.8 Å². The monoisotopic (exact) mass is 231 g/mol.